The van der Waals surface area contributed by atoms with Crippen molar-refractivity contribution >= 4 is 79.0 Å². The van der Waals surface area contributed by atoms with Crippen LogP contribution in [0.4, 0.5) is 34.1 Å². The number of benzene rings is 7. The van der Waals surface area contributed by atoms with E-state index in [-0.39, 0.29) is 28.4 Å². The molecular formula is C62H63BN4. The summed E-state index contributed by atoms with van der Waals surface area (Å²) in [5, 5.41) is 2.66. The SMILES string of the molecule is CC(C)(C)c1c(C(C)(C)C)n2c3c(ccc(N(c4ccccc4)c4ccccc4)c13)B1c3c-2cccc3-n2c(C(C)(C)C)c(C(C)(C)C)c3c(N(c4ccccc4)c4ccccc4)ccc1c32. The second-order valence-electron chi connectivity index (χ2n) is 23.1. The maximum absolute atomic E-state index is 2.71. The molecular weight excluding hydrogens is 812 g/mol. The van der Waals surface area contributed by atoms with E-state index in [2.05, 4.69) is 266 Å². The van der Waals surface area contributed by atoms with Gasteiger partial charge in [-0.3, -0.25) is 0 Å². The van der Waals surface area contributed by atoms with Crippen molar-refractivity contribution in [2.75, 3.05) is 9.80 Å². The van der Waals surface area contributed by atoms with Gasteiger partial charge in [-0.25, -0.2) is 0 Å². The number of hydrogen-bond acceptors (Lipinski definition) is 2. The Hall–Kier alpha value is -6.72. The number of aromatic nitrogens is 2. The maximum Gasteiger partial charge on any atom is 0.252 e. The van der Waals surface area contributed by atoms with Crippen molar-refractivity contribution in [1.82, 2.24) is 9.13 Å². The molecule has 0 saturated carbocycles. The highest BCUT2D eigenvalue weighted by Crippen LogP contribution is 2.52. The van der Waals surface area contributed by atoms with Crippen LogP contribution in [-0.2, 0) is 21.7 Å². The van der Waals surface area contributed by atoms with Crippen molar-refractivity contribution in [2.24, 2.45) is 0 Å². The molecule has 4 heterocycles. The molecule has 0 fully saturated rings. The molecule has 0 spiro atoms. The van der Waals surface area contributed by atoms with E-state index in [0.29, 0.717) is 0 Å². The standard InChI is InChI=1S/C62H63BN4/c1-59(2,3)52-50-46(64(40-26-17-13-18-27-40)41-28-19-14-20-29-41)38-36-44-55(50)66(57(52)61(7,8)9)48-34-25-35-49-54(48)63(44)45-37-39-47(65(42-30-21-15-22-31-42)43-32-23-16-24-33-43)51-53(60(4,5)6)58(62(10,11)12)67(49)56(45)51/h13-39H,1-12H3. The Balaban J connectivity index is 1.33. The molecule has 2 aliphatic rings. The molecule has 0 aliphatic carbocycles. The summed E-state index contributed by atoms with van der Waals surface area (Å²) in [6.07, 6.45) is 0. The van der Waals surface area contributed by atoms with Crippen LogP contribution in [0.2, 0.25) is 0 Å². The van der Waals surface area contributed by atoms with E-state index in [1.54, 1.807) is 0 Å². The maximum atomic E-state index is 2.71. The van der Waals surface area contributed by atoms with E-state index in [9.17, 15) is 0 Å². The molecule has 0 unspecified atom stereocenters. The third-order valence-electron chi connectivity index (χ3n) is 14.2. The minimum atomic E-state index is -0.188. The van der Waals surface area contributed by atoms with Gasteiger partial charge in [0, 0.05) is 67.1 Å². The Morgan fingerprint density at radius 3 is 0.940 bits per heavy atom. The summed E-state index contributed by atoms with van der Waals surface area (Å²) in [7, 11) is 0. The van der Waals surface area contributed by atoms with E-state index in [4.69, 9.17) is 0 Å². The third kappa shape index (κ3) is 6.48. The zero-order chi connectivity index (χ0) is 46.9. The second-order valence-corrected chi connectivity index (χ2v) is 23.1. The number of hydrogen-bond donors (Lipinski definition) is 0. The molecule has 0 amide bonds. The molecule has 4 nitrogen and oxygen atoms in total. The topological polar surface area (TPSA) is 16.3 Å². The highest BCUT2D eigenvalue weighted by molar-refractivity contribution is 7.00. The molecule has 0 N–H and O–H groups in total. The molecule has 9 aromatic rings. The highest BCUT2D eigenvalue weighted by atomic mass is 15.2. The summed E-state index contributed by atoms with van der Waals surface area (Å²) in [5.41, 5.74) is 21.1. The third-order valence-corrected chi connectivity index (χ3v) is 14.2. The van der Waals surface area contributed by atoms with E-state index in [0.717, 1.165) is 22.7 Å². The molecule has 334 valence electrons. The van der Waals surface area contributed by atoms with Crippen LogP contribution in [0.5, 0.6) is 0 Å². The van der Waals surface area contributed by atoms with Crippen molar-refractivity contribution in [3.05, 3.63) is 186 Å². The zero-order valence-electron chi connectivity index (χ0n) is 41.5. The average Bonchev–Trinajstić information content (AvgIpc) is 3.87. The fourth-order valence-electron chi connectivity index (χ4n) is 11.9. The summed E-state index contributed by atoms with van der Waals surface area (Å²) in [5.74, 6) is 0. The van der Waals surface area contributed by atoms with Crippen LogP contribution in [-0.4, -0.2) is 15.8 Å². The molecule has 0 bridgehead atoms. The van der Waals surface area contributed by atoms with Crippen LogP contribution in [0.3, 0.4) is 0 Å². The van der Waals surface area contributed by atoms with Gasteiger partial charge in [0.25, 0.3) is 6.71 Å². The Labute approximate surface area is 398 Å². The summed E-state index contributed by atoms with van der Waals surface area (Å²) in [6, 6.07) is 60.8. The number of para-hydroxylation sites is 4. The van der Waals surface area contributed by atoms with Gasteiger partial charge in [0.2, 0.25) is 0 Å². The first-order valence-electron chi connectivity index (χ1n) is 24.3. The summed E-state index contributed by atoms with van der Waals surface area (Å²) < 4.78 is 5.43. The van der Waals surface area contributed by atoms with E-state index >= 15 is 0 Å². The zero-order valence-corrected chi connectivity index (χ0v) is 41.5. The van der Waals surface area contributed by atoms with E-state index in [1.807, 2.05) is 0 Å². The van der Waals surface area contributed by atoms with Gasteiger partial charge >= 0.3 is 0 Å². The molecule has 0 atom stereocenters. The lowest BCUT2D eigenvalue weighted by molar-refractivity contribution is 0.513. The Kier molecular flexibility index (Phi) is 9.53. The average molecular weight is 875 g/mol. The lowest BCUT2D eigenvalue weighted by atomic mass is 9.34. The number of anilines is 6. The minimum absolute atomic E-state index is 0.00539. The molecule has 11 rings (SSSR count). The Morgan fingerprint density at radius 1 is 0.343 bits per heavy atom. The molecule has 5 heteroatoms. The lowest BCUT2D eigenvalue weighted by Gasteiger charge is -2.37. The monoisotopic (exact) mass is 875 g/mol. The quantitative estimate of drug-likeness (QED) is 0.155. The largest absolute Gasteiger partial charge is 0.314 e. The smallest absolute Gasteiger partial charge is 0.252 e. The predicted molar refractivity (Wildman–Crippen MR) is 289 cm³/mol. The van der Waals surface area contributed by atoms with Crippen molar-refractivity contribution < 1.29 is 0 Å². The van der Waals surface area contributed by atoms with Crippen LogP contribution < -0.4 is 26.2 Å². The van der Waals surface area contributed by atoms with Gasteiger partial charge in [0.05, 0.1) is 22.4 Å². The van der Waals surface area contributed by atoms with Crippen molar-refractivity contribution in [1.29, 1.82) is 0 Å². The van der Waals surface area contributed by atoms with Crippen LogP contribution in [0.1, 0.15) is 106 Å². The van der Waals surface area contributed by atoms with Gasteiger partial charge in [-0.15, -0.1) is 0 Å². The number of fused-ring (bicyclic) bond motifs is 4. The van der Waals surface area contributed by atoms with Crippen LogP contribution >= 0.6 is 0 Å². The first kappa shape index (κ1) is 42.9. The van der Waals surface area contributed by atoms with Crippen LogP contribution in [0.25, 0.3) is 33.2 Å². The summed E-state index contributed by atoms with van der Waals surface area (Å²) >= 11 is 0. The first-order chi connectivity index (χ1) is 31.9. The number of rotatable bonds is 6. The van der Waals surface area contributed by atoms with E-state index in [1.165, 1.54) is 83.5 Å². The lowest BCUT2D eigenvalue weighted by Crippen LogP contribution is -2.59. The Bertz CT molecular complexity index is 3070. The van der Waals surface area contributed by atoms with Gasteiger partial charge in [-0.2, -0.15) is 0 Å². The fourth-order valence-corrected chi connectivity index (χ4v) is 11.9. The normalized spacial score (nSPS) is 13.3. The Morgan fingerprint density at radius 2 is 0.657 bits per heavy atom. The van der Waals surface area contributed by atoms with Crippen LogP contribution in [0.15, 0.2) is 164 Å². The second kappa shape index (κ2) is 14.9. The molecule has 7 aromatic carbocycles. The summed E-state index contributed by atoms with van der Waals surface area (Å²) in [6.45, 7) is 29.0. The molecule has 2 aromatic heterocycles. The van der Waals surface area contributed by atoms with Crippen molar-refractivity contribution in [3.8, 4) is 11.4 Å². The fraction of sp³-hybridized carbons (Fsp3) is 0.258. The molecule has 0 radical (unpaired) electrons. The number of nitrogens with zero attached hydrogens (tertiary/aromatic N) is 4. The van der Waals surface area contributed by atoms with Gasteiger partial charge in [-0.1, -0.05) is 174 Å². The summed E-state index contributed by atoms with van der Waals surface area (Å²) in [4.78, 5) is 4.98. The highest BCUT2D eigenvalue weighted by Gasteiger charge is 2.47. The predicted octanol–water partition coefficient (Wildman–Crippen LogP) is 14.8. The van der Waals surface area contributed by atoms with Crippen molar-refractivity contribution in [2.45, 2.75) is 105 Å². The van der Waals surface area contributed by atoms with E-state index < -0.39 is 0 Å². The van der Waals surface area contributed by atoms with Gasteiger partial charge in [-0.05, 0) is 111 Å². The first-order valence-corrected chi connectivity index (χ1v) is 24.3. The van der Waals surface area contributed by atoms with Gasteiger partial charge < -0.3 is 18.9 Å². The molecule has 0 saturated heterocycles. The van der Waals surface area contributed by atoms with Gasteiger partial charge in [0.15, 0.2) is 0 Å². The molecule has 2 aliphatic heterocycles. The minimum Gasteiger partial charge on any atom is -0.314 e. The van der Waals surface area contributed by atoms with Crippen LogP contribution in [0, 0.1) is 0 Å². The van der Waals surface area contributed by atoms with Gasteiger partial charge in [0.1, 0.15) is 0 Å². The van der Waals surface area contributed by atoms with Crippen molar-refractivity contribution in [3.63, 3.8) is 0 Å². The molecule has 67 heavy (non-hydrogen) atoms.